The van der Waals surface area contributed by atoms with E-state index in [1.807, 2.05) is 6.08 Å². The summed E-state index contributed by atoms with van der Waals surface area (Å²) in [7, 11) is 0. The van der Waals surface area contributed by atoms with Gasteiger partial charge in [-0.05, 0) is 76.7 Å². The lowest BCUT2D eigenvalue weighted by atomic mass is 10.0. The second-order valence-corrected chi connectivity index (χ2v) is 18.6. The molecule has 3 N–H and O–H groups in total. The highest BCUT2D eigenvalue weighted by Gasteiger charge is 2.23. The molecular weight excluding hydrogens is 803 g/mol. The van der Waals surface area contributed by atoms with Gasteiger partial charge in [0.05, 0.1) is 25.2 Å². The van der Waals surface area contributed by atoms with Crippen LogP contribution in [0.1, 0.15) is 265 Å². The van der Waals surface area contributed by atoms with Gasteiger partial charge in [0.1, 0.15) is 6.10 Å². The van der Waals surface area contributed by atoms with Crippen LogP contribution in [-0.2, 0) is 14.3 Å². The van der Waals surface area contributed by atoms with Gasteiger partial charge in [-0.3, -0.25) is 9.59 Å². The van der Waals surface area contributed by atoms with E-state index in [0.717, 1.165) is 64.2 Å². The number of carbonyl (C=O) groups is 2. The second kappa shape index (κ2) is 52.3. The van der Waals surface area contributed by atoms with Gasteiger partial charge in [-0.1, -0.05) is 248 Å². The molecule has 0 bridgehead atoms. The van der Waals surface area contributed by atoms with Crippen molar-refractivity contribution in [2.24, 2.45) is 0 Å². The average Bonchev–Trinajstić information content (AvgIpc) is 3.30. The number of ether oxygens (including phenoxy) is 1. The van der Waals surface area contributed by atoms with Crippen LogP contribution in [0.5, 0.6) is 0 Å². The highest BCUT2D eigenvalue weighted by Crippen LogP contribution is 2.16. The van der Waals surface area contributed by atoms with E-state index < -0.39 is 18.2 Å². The van der Waals surface area contributed by atoms with Crippen molar-refractivity contribution in [2.75, 3.05) is 6.61 Å². The van der Waals surface area contributed by atoms with E-state index in [1.165, 1.54) is 154 Å². The maximum atomic E-state index is 13.2. The van der Waals surface area contributed by atoms with Gasteiger partial charge in [0, 0.05) is 6.42 Å². The van der Waals surface area contributed by atoms with Crippen LogP contribution in [0.2, 0.25) is 0 Å². The van der Waals surface area contributed by atoms with Crippen molar-refractivity contribution in [3.63, 3.8) is 0 Å². The van der Waals surface area contributed by atoms with Gasteiger partial charge in [-0.2, -0.15) is 0 Å². The molecule has 0 aromatic rings. The number of unbranched alkanes of at least 4 members (excludes halogenated alkanes) is 27. The van der Waals surface area contributed by atoms with Crippen LogP contribution < -0.4 is 5.32 Å². The van der Waals surface area contributed by atoms with Crippen molar-refractivity contribution in [2.45, 2.75) is 283 Å². The van der Waals surface area contributed by atoms with Crippen LogP contribution in [0.25, 0.3) is 0 Å². The molecule has 0 spiro atoms. The van der Waals surface area contributed by atoms with Crippen LogP contribution in [0.3, 0.4) is 0 Å². The Balaban J connectivity index is 4.67. The van der Waals surface area contributed by atoms with Gasteiger partial charge in [0.15, 0.2) is 0 Å². The fraction of sp³-hybridized carbons (Fsp3) is 0.763. The first-order valence-corrected chi connectivity index (χ1v) is 27.7. The first-order valence-electron chi connectivity index (χ1n) is 27.7. The van der Waals surface area contributed by atoms with Gasteiger partial charge < -0.3 is 20.3 Å². The summed E-state index contributed by atoms with van der Waals surface area (Å²) in [4.78, 5) is 26.1. The summed E-state index contributed by atoms with van der Waals surface area (Å²) in [6, 6.07) is -0.745. The summed E-state index contributed by atoms with van der Waals surface area (Å²) in [5.74, 6) is -0.630. The Hall–Kier alpha value is -2.70. The lowest BCUT2D eigenvalue weighted by molar-refractivity contribution is -0.148. The number of aliphatic hydroxyl groups excluding tert-OH is 2. The van der Waals surface area contributed by atoms with E-state index in [2.05, 4.69) is 86.8 Å². The smallest absolute Gasteiger partial charge is 0.306 e. The lowest BCUT2D eigenvalue weighted by Gasteiger charge is -2.23. The summed E-state index contributed by atoms with van der Waals surface area (Å²) in [5, 5.41) is 23.8. The Labute approximate surface area is 402 Å². The van der Waals surface area contributed by atoms with Gasteiger partial charge in [-0.15, -0.1) is 0 Å². The molecule has 0 aliphatic heterocycles. The Morgan fingerprint density at radius 3 is 1.29 bits per heavy atom. The number of amides is 1. The number of hydrogen-bond acceptors (Lipinski definition) is 5. The molecule has 0 heterocycles. The number of rotatable bonds is 49. The summed E-state index contributed by atoms with van der Waals surface area (Å²) >= 11 is 0. The third-order valence-corrected chi connectivity index (χ3v) is 12.3. The zero-order valence-corrected chi connectivity index (χ0v) is 42.9. The number of aliphatic hydroxyl groups is 2. The summed E-state index contributed by atoms with van der Waals surface area (Å²) < 4.78 is 5.84. The minimum absolute atomic E-state index is 0.0487. The summed E-state index contributed by atoms with van der Waals surface area (Å²) in [6.45, 7) is 6.34. The summed E-state index contributed by atoms with van der Waals surface area (Å²) in [6.07, 6.45) is 67.1. The van der Waals surface area contributed by atoms with E-state index in [1.54, 1.807) is 6.08 Å². The van der Waals surface area contributed by atoms with E-state index >= 15 is 0 Å². The molecule has 0 radical (unpaired) electrons. The third kappa shape index (κ3) is 47.6. The maximum absolute atomic E-state index is 13.2. The number of nitrogens with one attached hydrogen (secondary N) is 1. The molecule has 3 unspecified atom stereocenters. The van der Waals surface area contributed by atoms with E-state index in [0.29, 0.717) is 19.3 Å². The molecule has 0 saturated carbocycles. The molecule has 0 rings (SSSR count). The standard InChI is InChI=1S/C59H105NO5/c1-4-7-10-13-16-19-22-25-28-29-31-34-37-40-43-46-49-52-59(64)65-55(50-47-44-41-38-35-32-27-24-21-18-15-12-9-6-3)53-58(63)60-56(54-61)57(62)51-48-45-42-39-36-33-30-26-23-20-17-14-11-8-5-2/h9,12,18,21,25,27-28,32,38,41,47,50,55-57,61-62H,4-8,10-11,13-17,19-20,22-24,26,29-31,33-37,39-40,42-46,48-49,51-54H2,1-3H3,(H,60,63)/b12-9+,21-18+,28-25+,32-27+,41-38+,50-47+. The molecule has 65 heavy (non-hydrogen) atoms. The molecule has 0 fully saturated rings. The van der Waals surface area contributed by atoms with Crippen molar-refractivity contribution in [3.05, 3.63) is 72.9 Å². The molecule has 0 aromatic heterocycles. The quantitative estimate of drug-likeness (QED) is 0.0321. The monoisotopic (exact) mass is 908 g/mol. The molecule has 0 aliphatic rings. The molecule has 376 valence electrons. The zero-order valence-electron chi connectivity index (χ0n) is 42.9. The van der Waals surface area contributed by atoms with Crippen molar-refractivity contribution in [1.82, 2.24) is 5.32 Å². The van der Waals surface area contributed by atoms with Crippen LogP contribution in [0, 0.1) is 0 Å². The average molecular weight is 908 g/mol. The number of carbonyl (C=O) groups excluding carboxylic acids is 2. The van der Waals surface area contributed by atoms with Gasteiger partial charge in [-0.25, -0.2) is 0 Å². The van der Waals surface area contributed by atoms with Crippen molar-refractivity contribution in [1.29, 1.82) is 0 Å². The molecule has 0 saturated heterocycles. The molecule has 3 atom stereocenters. The second-order valence-electron chi connectivity index (χ2n) is 18.6. The minimum atomic E-state index is -0.822. The maximum Gasteiger partial charge on any atom is 0.306 e. The van der Waals surface area contributed by atoms with Crippen LogP contribution in [0.15, 0.2) is 72.9 Å². The Morgan fingerprint density at radius 2 is 0.862 bits per heavy atom. The predicted molar refractivity (Wildman–Crippen MR) is 282 cm³/mol. The van der Waals surface area contributed by atoms with Crippen molar-refractivity contribution >= 4 is 11.9 Å². The van der Waals surface area contributed by atoms with Gasteiger partial charge >= 0.3 is 5.97 Å². The third-order valence-electron chi connectivity index (χ3n) is 12.3. The van der Waals surface area contributed by atoms with Crippen LogP contribution in [-0.4, -0.2) is 46.9 Å². The number of hydrogen-bond donors (Lipinski definition) is 3. The number of esters is 1. The van der Waals surface area contributed by atoms with E-state index in [9.17, 15) is 19.8 Å². The Kier molecular flexibility index (Phi) is 50.1. The van der Waals surface area contributed by atoms with Crippen molar-refractivity contribution in [3.8, 4) is 0 Å². The highest BCUT2D eigenvalue weighted by molar-refractivity contribution is 5.78. The highest BCUT2D eigenvalue weighted by atomic mass is 16.5. The minimum Gasteiger partial charge on any atom is -0.458 e. The van der Waals surface area contributed by atoms with Gasteiger partial charge in [0.25, 0.3) is 0 Å². The lowest BCUT2D eigenvalue weighted by Crippen LogP contribution is -2.46. The molecular formula is C59H105NO5. The molecule has 6 nitrogen and oxygen atoms in total. The van der Waals surface area contributed by atoms with E-state index in [4.69, 9.17) is 4.74 Å². The van der Waals surface area contributed by atoms with Crippen LogP contribution >= 0.6 is 0 Å². The molecule has 0 aromatic carbocycles. The zero-order chi connectivity index (χ0) is 47.4. The predicted octanol–water partition coefficient (Wildman–Crippen LogP) is 17.0. The topological polar surface area (TPSA) is 95.9 Å². The summed E-state index contributed by atoms with van der Waals surface area (Å²) in [5.41, 5.74) is 0. The first-order chi connectivity index (χ1) is 32.0. The fourth-order valence-corrected chi connectivity index (χ4v) is 8.09. The van der Waals surface area contributed by atoms with Crippen LogP contribution in [0.4, 0.5) is 0 Å². The first kappa shape index (κ1) is 62.3. The Morgan fingerprint density at radius 1 is 0.477 bits per heavy atom. The van der Waals surface area contributed by atoms with Crippen molar-refractivity contribution < 1.29 is 24.5 Å². The largest absolute Gasteiger partial charge is 0.458 e. The molecule has 6 heteroatoms. The SMILES string of the molecule is CC/C=C/C/C=C/C/C=C/C/C=C/C/C=C/C(CC(=O)NC(CO)C(O)CCCCCCCCCCCCCCCCC)OC(=O)CCCCCCCCC/C=C/CCCCCCCC. The fourth-order valence-electron chi connectivity index (χ4n) is 8.09. The molecule has 0 aliphatic carbocycles. The normalized spacial score (nSPS) is 13.7. The van der Waals surface area contributed by atoms with E-state index in [-0.39, 0.29) is 24.9 Å². The van der Waals surface area contributed by atoms with Gasteiger partial charge in [0.2, 0.25) is 5.91 Å². The Bertz CT molecular complexity index is 1200. The molecule has 1 amide bonds. The number of allylic oxidation sites excluding steroid dienone is 11.